The quantitative estimate of drug-likeness (QED) is 0.430. The van der Waals surface area contributed by atoms with E-state index in [2.05, 4.69) is 10.0 Å². The molecule has 31 heavy (non-hydrogen) atoms. The average Bonchev–Trinajstić information content (AvgIpc) is 3.41. The second kappa shape index (κ2) is 8.84. The maximum absolute atomic E-state index is 13.3. The maximum atomic E-state index is 13.3. The fourth-order valence-electron chi connectivity index (χ4n) is 3.67. The molecule has 0 spiro atoms. The molecule has 2 unspecified atom stereocenters. The van der Waals surface area contributed by atoms with Crippen molar-refractivity contribution in [2.45, 2.75) is 56.3 Å². The van der Waals surface area contributed by atoms with E-state index in [9.17, 15) is 35.3 Å². The summed E-state index contributed by atoms with van der Waals surface area (Å²) >= 11 is 1.21. The summed E-state index contributed by atoms with van der Waals surface area (Å²) in [6.45, 7) is 1.37. The number of carbonyl (C=O) groups excluding carboxylic acids is 1. The molecule has 4 nitrogen and oxygen atoms in total. The molecule has 1 amide bonds. The van der Waals surface area contributed by atoms with Gasteiger partial charge in [0.1, 0.15) is 0 Å². The molecule has 174 valence electrons. The van der Waals surface area contributed by atoms with Crippen LogP contribution in [0.4, 0.5) is 32.0 Å². The Bertz CT molecular complexity index is 851. The molecule has 0 radical (unpaired) electrons. The molecule has 1 aliphatic heterocycles. The first-order valence-electron chi connectivity index (χ1n) is 9.73. The predicted octanol–water partition coefficient (Wildman–Crippen LogP) is 5.14. The lowest BCUT2D eigenvalue weighted by Gasteiger charge is -2.22. The van der Waals surface area contributed by atoms with Gasteiger partial charge in [-0.3, -0.25) is 9.00 Å². The van der Waals surface area contributed by atoms with Gasteiger partial charge in [-0.15, -0.1) is 0 Å². The van der Waals surface area contributed by atoms with Gasteiger partial charge < -0.3 is 10.0 Å². The van der Waals surface area contributed by atoms with Crippen LogP contribution in [0.15, 0.2) is 18.2 Å². The number of anilines is 1. The summed E-state index contributed by atoms with van der Waals surface area (Å²) in [5, 5.41) is 2.33. The molecular weight excluding hydrogens is 466 g/mol. The van der Waals surface area contributed by atoms with Gasteiger partial charge in [-0.1, -0.05) is 6.92 Å². The molecule has 0 aromatic heterocycles. The van der Waals surface area contributed by atoms with Crippen molar-refractivity contribution >= 4 is 34.3 Å². The van der Waals surface area contributed by atoms with E-state index in [4.69, 9.17) is 0 Å². The lowest BCUT2D eigenvalue weighted by Crippen LogP contribution is -2.36. The molecule has 1 aliphatic carbocycles. The largest absolute Gasteiger partial charge is 0.416 e. The van der Waals surface area contributed by atoms with Crippen molar-refractivity contribution in [1.82, 2.24) is 5.32 Å². The third-order valence-electron chi connectivity index (χ3n) is 5.84. The van der Waals surface area contributed by atoms with E-state index >= 15 is 0 Å². The molecule has 2 aliphatic rings. The summed E-state index contributed by atoms with van der Waals surface area (Å²) in [6.07, 6.45) is -8.43. The minimum Gasteiger partial charge on any atom is -0.348 e. The normalized spacial score (nSPS) is 28.8. The number of rotatable bonds is 6. The number of hydrogen-bond donors (Lipinski definition) is 2. The van der Waals surface area contributed by atoms with Gasteiger partial charge in [-0.05, 0) is 55.8 Å². The van der Waals surface area contributed by atoms with Gasteiger partial charge in [0, 0.05) is 33.6 Å². The molecule has 1 saturated heterocycles. The first-order valence-corrected chi connectivity index (χ1v) is 12.1. The Balaban J connectivity index is 1.77. The van der Waals surface area contributed by atoms with E-state index in [0.717, 1.165) is 12.1 Å². The van der Waals surface area contributed by atoms with Crippen molar-refractivity contribution < 1.29 is 35.3 Å². The van der Waals surface area contributed by atoms with Gasteiger partial charge in [0.15, 0.2) is 0 Å². The van der Waals surface area contributed by atoms with E-state index in [-0.39, 0.29) is 29.3 Å². The van der Waals surface area contributed by atoms with Crippen LogP contribution in [0.3, 0.4) is 0 Å². The van der Waals surface area contributed by atoms with Crippen LogP contribution in [-0.2, 0) is 17.0 Å². The monoisotopic (exact) mass is 488 g/mol. The lowest BCUT2D eigenvalue weighted by atomic mass is 10.0. The van der Waals surface area contributed by atoms with Crippen LogP contribution < -0.4 is 10.0 Å². The number of carbonyl (C=O) groups is 1. The summed E-state index contributed by atoms with van der Waals surface area (Å²) in [7, 11) is -0.872. The highest BCUT2D eigenvalue weighted by atomic mass is 32.2. The Kier molecular flexibility index (Phi) is 6.90. The Morgan fingerprint density at radius 1 is 1.19 bits per heavy atom. The third kappa shape index (κ3) is 5.32. The van der Waals surface area contributed by atoms with Crippen molar-refractivity contribution in [2.24, 2.45) is 5.41 Å². The first-order chi connectivity index (χ1) is 14.4. The van der Waals surface area contributed by atoms with E-state index in [1.807, 2.05) is 0 Å². The van der Waals surface area contributed by atoms with Crippen LogP contribution in [-0.4, -0.2) is 39.1 Å². The number of halogens is 6. The zero-order valence-corrected chi connectivity index (χ0v) is 18.2. The van der Waals surface area contributed by atoms with Crippen LogP contribution in [0.5, 0.6) is 0 Å². The van der Waals surface area contributed by atoms with Gasteiger partial charge in [-0.25, -0.2) is 0 Å². The zero-order chi connectivity index (χ0) is 23.0. The summed E-state index contributed by atoms with van der Waals surface area (Å²) in [5.74, 6) is 0.0686. The minimum atomic E-state index is -4.70. The fraction of sp³-hybridized carbons (Fsp3) is 0.632. The smallest absolute Gasteiger partial charge is 0.348 e. The van der Waals surface area contributed by atoms with Crippen molar-refractivity contribution in [1.29, 1.82) is 0 Å². The Labute approximate surface area is 182 Å². The van der Waals surface area contributed by atoms with E-state index in [1.54, 1.807) is 0 Å². The second-order valence-electron chi connectivity index (χ2n) is 7.76. The zero-order valence-electron chi connectivity index (χ0n) is 16.5. The van der Waals surface area contributed by atoms with Gasteiger partial charge in [-0.2, -0.15) is 26.3 Å². The molecule has 2 atom stereocenters. The molecule has 1 heterocycles. The topological polar surface area (TPSA) is 58.2 Å². The van der Waals surface area contributed by atoms with Crippen molar-refractivity contribution in [3.63, 3.8) is 0 Å². The van der Waals surface area contributed by atoms with Crippen molar-refractivity contribution in [3.05, 3.63) is 29.3 Å². The third-order valence-corrected chi connectivity index (χ3v) is 8.36. The molecule has 3 rings (SSSR count). The highest BCUT2D eigenvalue weighted by Crippen LogP contribution is 2.60. The minimum absolute atomic E-state index is 0.0670. The van der Waals surface area contributed by atoms with Gasteiger partial charge in [0.2, 0.25) is 0 Å². The van der Waals surface area contributed by atoms with Crippen LogP contribution in [0.1, 0.15) is 48.5 Å². The van der Waals surface area contributed by atoms with Gasteiger partial charge >= 0.3 is 12.4 Å². The van der Waals surface area contributed by atoms with Crippen LogP contribution in [0.25, 0.3) is 0 Å². The fourth-order valence-corrected chi connectivity index (χ4v) is 6.21. The van der Waals surface area contributed by atoms with Crippen molar-refractivity contribution in [2.75, 3.05) is 16.2 Å². The van der Waals surface area contributed by atoms with Gasteiger partial charge in [0.25, 0.3) is 5.91 Å². The Morgan fingerprint density at radius 2 is 1.84 bits per heavy atom. The number of nitrogens with one attached hydrogen (secondary N) is 2. The summed E-state index contributed by atoms with van der Waals surface area (Å²) in [4.78, 5) is 12.7. The predicted molar refractivity (Wildman–Crippen MR) is 108 cm³/mol. The van der Waals surface area contributed by atoms with E-state index < -0.39 is 46.1 Å². The summed E-state index contributed by atoms with van der Waals surface area (Å²) in [6, 6.07) is 1.40. The maximum Gasteiger partial charge on any atom is 0.416 e. The molecule has 1 aromatic carbocycles. The molecule has 2 N–H and O–H groups in total. The van der Waals surface area contributed by atoms with E-state index in [1.165, 1.54) is 18.9 Å². The number of amides is 1. The second-order valence-corrected chi connectivity index (χ2v) is 10.6. The molecular formula is C19H22F6N2O2S2. The number of benzene rings is 1. The first kappa shape index (κ1) is 24.2. The Hall–Kier alpha value is -1.43. The van der Waals surface area contributed by atoms with Crippen LogP contribution in [0, 0.1) is 5.41 Å². The highest BCUT2D eigenvalue weighted by molar-refractivity contribution is 8.01. The number of alkyl halides is 6. The van der Waals surface area contributed by atoms with Gasteiger partial charge in [0.05, 0.1) is 22.2 Å². The average molecular weight is 489 g/mol. The molecule has 12 heteroatoms. The molecule has 1 saturated carbocycles. The summed E-state index contributed by atoms with van der Waals surface area (Å²) in [5.41, 5.74) is -3.36. The van der Waals surface area contributed by atoms with Crippen LogP contribution in [0.2, 0.25) is 0 Å². The summed E-state index contributed by atoms with van der Waals surface area (Å²) < 4.78 is 93.7. The van der Waals surface area contributed by atoms with Crippen LogP contribution >= 0.6 is 11.9 Å². The molecule has 1 aromatic rings. The van der Waals surface area contributed by atoms with E-state index in [0.29, 0.717) is 30.4 Å². The SMILES string of the molecule is CCC1(C(F)(F)F)CC1NC(=O)c1cc(C(F)(F)F)ccc1NSC1CCS(=O)CC1. The van der Waals surface area contributed by atoms with Crippen molar-refractivity contribution in [3.8, 4) is 0 Å². The number of hydrogen-bond acceptors (Lipinski definition) is 4. The molecule has 0 bridgehead atoms. The highest BCUT2D eigenvalue weighted by Gasteiger charge is 2.69. The molecule has 2 fully saturated rings. The Morgan fingerprint density at radius 3 is 2.35 bits per heavy atom. The standard InChI is InChI=1S/C19H22F6N2O2S2/c1-2-17(19(23,24)25)10-15(17)26-16(28)13-9-11(18(20,21)22)3-4-14(13)27-30-12-5-7-31(29)8-6-12/h3-4,9,12,15,27H,2,5-8,10H2,1H3,(H,26,28). The lowest BCUT2D eigenvalue weighted by molar-refractivity contribution is -0.189.